The maximum Gasteiger partial charge on any atom is 0.00693 e. The Morgan fingerprint density at radius 3 is 2.50 bits per heavy atom. The molecule has 0 aliphatic heterocycles. The highest BCUT2D eigenvalue weighted by molar-refractivity contribution is 7.98. The topological polar surface area (TPSA) is 38.0 Å². The van der Waals surface area contributed by atoms with E-state index in [0.717, 1.165) is 26.1 Å². The number of nitrogens with one attached hydrogen (secondary N) is 1. The van der Waals surface area contributed by atoms with Gasteiger partial charge in [-0.2, -0.15) is 0 Å². The molecule has 1 fully saturated rings. The standard InChI is InChI=1S/C15H24N2S/c1-18-14-5-3-13(4-6-14)7-10-17-12-15(11-16)8-2-9-15/h3-6,17H,2,7-12,16H2,1H3. The first-order valence-electron chi connectivity index (χ1n) is 6.82. The SMILES string of the molecule is CSc1ccc(CCNCC2(CN)CCC2)cc1. The first-order valence-corrected chi connectivity index (χ1v) is 8.04. The molecule has 0 bridgehead atoms. The monoisotopic (exact) mass is 264 g/mol. The van der Waals surface area contributed by atoms with Crippen LogP contribution in [0.5, 0.6) is 0 Å². The van der Waals surface area contributed by atoms with E-state index in [2.05, 4.69) is 35.8 Å². The van der Waals surface area contributed by atoms with Crippen LogP contribution in [0.1, 0.15) is 24.8 Å². The first-order chi connectivity index (χ1) is 8.78. The van der Waals surface area contributed by atoms with Gasteiger partial charge in [0, 0.05) is 11.4 Å². The average Bonchev–Trinajstić information content (AvgIpc) is 2.38. The van der Waals surface area contributed by atoms with Gasteiger partial charge in [-0.25, -0.2) is 0 Å². The highest BCUT2D eigenvalue weighted by Gasteiger charge is 2.34. The van der Waals surface area contributed by atoms with E-state index < -0.39 is 0 Å². The van der Waals surface area contributed by atoms with Gasteiger partial charge in [-0.3, -0.25) is 0 Å². The highest BCUT2D eigenvalue weighted by Crippen LogP contribution is 2.38. The first kappa shape index (κ1) is 13.9. The molecule has 1 aromatic carbocycles. The van der Waals surface area contributed by atoms with Crippen molar-refractivity contribution in [1.29, 1.82) is 0 Å². The lowest BCUT2D eigenvalue weighted by atomic mass is 9.69. The van der Waals surface area contributed by atoms with Gasteiger partial charge in [-0.1, -0.05) is 18.6 Å². The van der Waals surface area contributed by atoms with E-state index in [1.807, 2.05) is 0 Å². The van der Waals surface area contributed by atoms with Crippen LogP contribution in [0.4, 0.5) is 0 Å². The third-order valence-corrected chi connectivity index (χ3v) is 4.84. The fourth-order valence-corrected chi connectivity index (χ4v) is 2.92. The van der Waals surface area contributed by atoms with Crippen LogP contribution in [-0.2, 0) is 6.42 Å². The number of thioether (sulfide) groups is 1. The zero-order valence-electron chi connectivity index (χ0n) is 11.2. The van der Waals surface area contributed by atoms with E-state index in [0.29, 0.717) is 5.41 Å². The second kappa shape index (κ2) is 6.60. The van der Waals surface area contributed by atoms with Crippen molar-refractivity contribution >= 4 is 11.8 Å². The Labute approximate surface area is 115 Å². The Morgan fingerprint density at radius 1 is 1.28 bits per heavy atom. The van der Waals surface area contributed by atoms with Gasteiger partial charge in [0.15, 0.2) is 0 Å². The van der Waals surface area contributed by atoms with E-state index in [-0.39, 0.29) is 0 Å². The van der Waals surface area contributed by atoms with Crippen molar-refractivity contribution in [2.75, 3.05) is 25.9 Å². The van der Waals surface area contributed by atoms with Gasteiger partial charge in [0.2, 0.25) is 0 Å². The van der Waals surface area contributed by atoms with Crippen LogP contribution in [-0.4, -0.2) is 25.9 Å². The molecule has 3 N–H and O–H groups in total. The maximum absolute atomic E-state index is 5.85. The van der Waals surface area contributed by atoms with E-state index >= 15 is 0 Å². The highest BCUT2D eigenvalue weighted by atomic mass is 32.2. The lowest BCUT2D eigenvalue weighted by Gasteiger charge is -2.41. The van der Waals surface area contributed by atoms with E-state index in [4.69, 9.17) is 5.73 Å². The van der Waals surface area contributed by atoms with Gasteiger partial charge in [-0.05, 0) is 61.7 Å². The number of rotatable bonds is 7. The molecule has 0 amide bonds. The molecular weight excluding hydrogens is 240 g/mol. The van der Waals surface area contributed by atoms with Crippen LogP contribution in [0.25, 0.3) is 0 Å². The molecule has 0 atom stereocenters. The molecule has 2 rings (SSSR count). The van der Waals surface area contributed by atoms with Gasteiger partial charge in [0.1, 0.15) is 0 Å². The third-order valence-electron chi connectivity index (χ3n) is 4.10. The molecule has 1 aliphatic carbocycles. The number of hydrogen-bond acceptors (Lipinski definition) is 3. The minimum absolute atomic E-state index is 0.419. The number of nitrogens with two attached hydrogens (primary N) is 1. The molecule has 100 valence electrons. The smallest absolute Gasteiger partial charge is 0.00693 e. The average molecular weight is 264 g/mol. The molecule has 3 heteroatoms. The van der Waals surface area contributed by atoms with Crippen LogP contribution in [0.2, 0.25) is 0 Å². The Kier molecular flexibility index (Phi) is 5.10. The summed E-state index contributed by atoms with van der Waals surface area (Å²) >= 11 is 1.79. The molecule has 0 unspecified atom stereocenters. The van der Waals surface area contributed by atoms with E-state index in [9.17, 15) is 0 Å². The fourth-order valence-electron chi connectivity index (χ4n) is 2.51. The van der Waals surface area contributed by atoms with Crippen molar-refractivity contribution in [3.05, 3.63) is 29.8 Å². The van der Waals surface area contributed by atoms with Crippen LogP contribution < -0.4 is 11.1 Å². The summed E-state index contributed by atoms with van der Waals surface area (Å²) < 4.78 is 0. The Morgan fingerprint density at radius 2 is 2.00 bits per heavy atom. The zero-order chi connectivity index (χ0) is 12.8. The van der Waals surface area contributed by atoms with Crippen molar-refractivity contribution in [2.45, 2.75) is 30.6 Å². The minimum atomic E-state index is 0.419. The summed E-state index contributed by atoms with van der Waals surface area (Å²) in [5.74, 6) is 0. The molecule has 18 heavy (non-hydrogen) atoms. The summed E-state index contributed by atoms with van der Waals surface area (Å²) in [6, 6.07) is 8.87. The third kappa shape index (κ3) is 3.50. The summed E-state index contributed by atoms with van der Waals surface area (Å²) in [6.07, 6.45) is 7.18. The quantitative estimate of drug-likeness (QED) is 0.587. The second-order valence-electron chi connectivity index (χ2n) is 5.33. The largest absolute Gasteiger partial charge is 0.330 e. The van der Waals surface area contributed by atoms with Crippen LogP contribution in [0.15, 0.2) is 29.2 Å². The Bertz CT molecular complexity index is 352. The van der Waals surface area contributed by atoms with Crippen molar-refractivity contribution in [1.82, 2.24) is 5.32 Å². The molecule has 0 aromatic heterocycles. The van der Waals surface area contributed by atoms with Gasteiger partial charge < -0.3 is 11.1 Å². The van der Waals surface area contributed by atoms with Crippen molar-refractivity contribution in [3.8, 4) is 0 Å². The predicted octanol–water partition coefficient (Wildman–Crippen LogP) is 2.67. The normalized spacial score (nSPS) is 17.4. The summed E-state index contributed by atoms with van der Waals surface area (Å²) in [7, 11) is 0. The molecule has 0 spiro atoms. The van der Waals surface area contributed by atoms with E-state index in [1.54, 1.807) is 11.8 Å². The van der Waals surface area contributed by atoms with Crippen molar-refractivity contribution < 1.29 is 0 Å². The molecule has 0 saturated heterocycles. The summed E-state index contributed by atoms with van der Waals surface area (Å²) in [6.45, 7) is 2.98. The van der Waals surface area contributed by atoms with Gasteiger partial charge in [0.25, 0.3) is 0 Å². The number of hydrogen-bond donors (Lipinski definition) is 2. The molecule has 1 saturated carbocycles. The van der Waals surface area contributed by atoms with Crippen LogP contribution in [0, 0.1) is 5.41 Å². The Hall–Kier alpha value is -0.510. The zero-order valence-corrected chi connectivity index (χ0v) is 12.1. The molecule has 0 radical (unpaired) electrons. The molecule has 2 nitrogen and oxygen atoms in total. The second-order valence-corrected chi connectivity index (χ2v) is 6.21. The van der Waals surface area contributed by atoms with Crippen LogP contribution >= 0.6 is 11.8 Å². The molecule has 0 heterocycles. The Balaban J connectivity index is 1.68. The fraction of sp³-hybridized carbons (Fsp3) is 0.600. The molecular formula is C15H24N2S. The van der Waals surface area contributed by atoms with Gasteiger partial charge in [-0.15, -0.1) is 11.8 Å². The lowest BCUT2D eigenvalue weighted by Crippen LogP contribution is -2.45. The maximum atomic E-state index is 5.85. The van der Waals surface area contributed by atoms with Gasteiger partial charge in [0.05, 0.1) is 0 Å². The van der Waals surface area contributed by atoms with Gasteiger partial charge >= 0.3 is 0 Å². The summed E-state index contributed by atoms with van der Waals surface area (Å²) in [5, 5.41) is 3.57. The molecule has 1 aliphatic rings. The van der Waals surface area contributed by atoms with Crippen molar-refractivity contribution in [2.24, 2.45) is 11.1 Å². The lowest BCUT2D eigenvalue weighted by molar-refractivity contribution is 0.141. The minimum Gasteiger partial charge on any atom is -0.330 e. The number of benzene rings is 1. The summed E-state index contributed by atoms with van der Waals surface area (Å²) in [4.78, 5) is 1.34. The van der Waals surface area contributed by atoms with Crippen molar-refractivity contribution in [3.63, 3.8) is 0 Å². The van der Waals surface area contributed by atoms with Crippen LogP contribution in [0.3, 0.4) is 0 Å². The van der Waals surface area contributed by atoms with E-state index in [1.165, 1.54) is 29.7 Å². The predicted molar refractivity (Wildman–Crippen MR) is 80.1 cm³/mol. The summed E-state index contributed by atoms with van der Waals surface area (Å²) in [5.41, 5.74) is 7.68. The molecule has 1 aromatic rings.